The molecule has 1 aromatic carbocycles. The van der Waals surface area contributed by atoms with Crippen molar-refractivity contribution < 1.29 is 22.7 Å². The first-order valence-electron chi connectivity index (χ1n) is 7.83. The molecule has 2 aromatic rings. The molecule has 0 spiro atoms. The van der Waals surface area contributed by atoms with E-state index in [1.807, 2.05) is 0 Å². The summed E-state index contributed by atoms with van der Waals surface area (Å²) in [5, 5.41) is 4.81. The van der Waals surface area contributed by atoms with E-state index in [1.54, 1.807) is 56.5 Å². The smallest absolute Gasteiger partial charge is 0.341 e. The van der Waals surface area contributed by atoms with Crippen LogP contribution in [0.5, 0.6) is 0 Å². The summed E-state index contributed by atoms with van der Waals surface area (Å²) in [6.45, 7) is 5.31. The highest BCUT2D eigenvalue weighted by atomic mass is 32.2. The van der Waals surface area contributed by atoms with Crippen molar-refractivity contribution in [3.8, 4) is 0 Å². The number of benzene rings is 1. The maximum atomic E-state index is 12.4. The molecule has 0 aliphatic rings. The molecule has 26 heavy (non-hydrogen) atoms. The van der Waals surface area contributed by atoms with Gasteiger partial charge in [0.15, 0.2) is 9.84 Å². The van der Waals surface area contributed by atoms with Gasteiger partial charge in [0.05, 0.1) is 11.3 Å². The normalized spacial score (nSPS) is 11.8. The topological polar surface area (TPSA) is 89.5 Å². The van der Waals surface area contributed by atoms with Crippen molar-refractivity contribution in [2.75, 3.05) is 11.6 Å². The van der Waals surface area contributed by atoms with Crippen LogP contribution in [0.15, 0.2) is 35.7 Å². The minimum absolute atomic E-state index is 0.0807. The molecule has 1 aromatic heterocycles. The number of anilines is 1. The molecular formula is C18H21NO5S2. The number of hydrogen-bond acceptors (Lipinski definition) is 6. The van der Waals surface area contributed by atoms with Gasteiger partial charge in [-0.25, -0.2) is 13.2 Å². The van der Waals surface area contributed by atoms with Crippen molar-refractivity contribution in [1.29, 1.82) is 0 Å². The molecule has 0 saturated heterocycles. The fourth-order valence-electron chi connectivity index (χ4n) is 2.13. The SMILES string of the molecule is CC(C)(C)OC(=O)c1ccsc1NC(=O)c1ccc(CS(C)(=O)=O)cc1. The van der Waals surface area contributed by atoms with Gasteiger partial charge in [0.2, 0.25) is 0 Å². The summed E-state index contributed by atoms with van der Waals surface area (Å²) in [4.78, 5) is 24.6. The van der Waals surface area contributed by atoms with Gasteiger partial charge in [-0.1, -0.05) is 12.1 Å². The summed E-state index contributed by atoms with van der Waals surface area (Å²) in [6.07, 6.45) is 1.16. The predicted octanol–water partition coefficient (Wildman–Crippen LogP) is 3.50. The van der Waals surface area contributed by atoms with E-state index in [2.05, 4.69) is 5.32 Å². The third kappa shape index (κ3) is 5.96. The van der Waals surface area contributed by atoms with Crippen LogP contribution in [0.2, 0.25) is 0 Å². The molecule has 0 atom stereocenters. The van der Waals surface area contributed by atoms with Gasteiger partial charge in [-0.3, -0.25) is 4.79 Å². The lowest BCUT2D eigenvalue weighted by atomic mass is 10.1. The fraction of sp³-hybridized carbons (Fsp3) is 0.333. The molecule has 0 saturated carbocycles. The standard InChI is InChI=1S/C18H21NO5S2/c1-18(2,3)24-17(21)14-9-10-25-16(14)19-15(20)13-7-5-12(6-8-13)11-26(4,22)23/h5-10H,11H2,1-4H3,(H,19,20). The number of carbonyl (C=O) groups excluding carboxylic acids is 2. The van der Waals surface area contributed by atoms with Crippen LogP contribution in [0, 0.1) is 0 Å². The van der Waals surface area contributed by atoms with Crippen molar-refractivity contribution in [3.05, 3.63) is 52.4 Å². The number of ether oxygens (including phenoxy) is 1. The Hall–Kier alpha value is -2.19. The molecule has 1 heterocycles. The predicted molar refractivity (Wildman–Crippen MR) is 102 cm³/mol. The molecule has 0 fully saturated rings. The van der Waals surface area contributed by atoms with Gasteiger partial charge < -0.3 is 10.1 Å². The highest BCUT2D eigenvalue weighted by Gasteiger charge is 2.22. The molecule has 140 valence electrons. The quantitative estimate of drug-likeness (QED) is 0.783. The Balaban J connectivity index is 2.11. The average Bonchev–Trinajstić information content (AvgIpc) is 2.92. The fourth-order valence-corrected chi connectivity index (χ4v) is 3.70. The molecule has 2 rings (SSSR count). The average molecular weight is 396 g/mol. The second-order valence-electron chi connectivity index (χ2n) is 6.89. The molecule has 1 amide bonds. The zero-order valence-corrected chi connectivity index (χ0v) is 16.7. The maximum absolute atomic E-state index is 12.4. The number of thiophene rings is 1. The Bertz CT molecular complexity index is 906. The van der Waals surface area contributed by atoms with Crippen LogP contribution >= 0.6 is 11.3 Å². The Morgan fingerprint density at radius 2 is 1.73 bits per heavy atom. The van der Waals surface area contributed by atoms with E-state index in [1.165, 1.54) is 11.3 Å². The van der Waals surface area contributed by atoms with Crippen LogP contribution in [0.3, 0.4) is 0 Å². The molecule has 0 aliphatic carbocycles. The first-order chi connectivity index (χ1) is 11.9. The van der Waals surface area contributed by atoms with Crippen molar-refractivity contribution in [1.82, 2.24) is 0 Å². The summed E-state index contributed by atoms with van der Waals surface area (Å²) in [6, 6.07) is 7.90. The van der Waals surface area contributed by atoms with Gasteiger partial charge >= 0.3 is 5.97 Å². The second kappa shape index (κ2) is 7.59. The minimum Gasteiger partial charge on any atom is -0.456 e. The lowest BCUT2D eigenvalue weighted by Gasteiger charge is -2.19. The van der Waals surface area contributed by atoms with Crippen molar-refractivity contribution in [3.63, 3.8) is 0 Å². The van der Waals surface area contributed by atoms with E-state index in [-0.39, 0.29) is 11.7 Å². The van der Waals surface area contributed by atoms with Crippen LogP contribution in [0.1, 0.15) is 47.1 Å². The summed E-state index contributed by atoms with van der Waals surface area (Å²) in [5.74, 6) is -0.969. The van der Waals surface area contributed by atoms with Crippen molar-refractivity contribution >= 4 is 38.1 Å². The number of amides is 1. The number of hydrogen-bond donors (Lipinski definition) is 1. The Kier molecular flexibility index (Phi) is 5.87. The molecular weight excluding hydrogens is 374 g/mol. The van der Waals surface area contributed by atoms with Crippen LogP contribution in [-0.2, 0) is 20.3 Å². The number of sulfone groups is 1. The van der Waals surface area contributed by atoms with Gasteiger partial charge in [0.25, 0.3) is 5.91 Å². The van der Waals surface area contributed by atoms with Crippen LogP contribution in [-0.4, -0.2) is 32.2 Å². The number of esters is 1. The number of nitrogens with one attached hydrogen (secondary N) is 1. The summed E-state index contributed by atoms with van der Waals surface area (Å²) in [5.41, 5.74) is 0.641. The summed E-state index contributed by atoms with van der Waals surface area (Å²) >= 11 is 1.23. The lowest BCUT2D eigenvalue weighted by Crippen LogP contribution is -2.24. The third-order valence-corrected chi connectivity index (χ3v) is 4.84. The van der Waals surface area contributed by atoms with Crippen LogP contribution in [0.25, 0.3) is 0 Å². The molecule has 8 heteroatoms. The lowest BCUT2D eigenvalue weighted by molar-refractivity contribution is 0.00712. The monoisotopic (exact) mass is 395 g/mol. The summed E-state index contributed by atoms with van der Waals surface area (Å²) < 4.78 is 28.0. The Morgan fingerprint density at radius 1 is 1.12 bits per heavy atom. The highest BCUT2D eigenvalue weighted by Crippen LogP contribution is 2.26. The van der Waals surface area contributed by atoms with Crippen LogP contribution in [0.4, 0.5) is 5.00 Å². The highest BCUT2D eigenvalue weighted by molar-refractivity contribution is 7.89. The minimum atomic E-state index is -3.13. The van der Waals surface area contributed by atoms with Gasteiger partial charge in [-0.2, -0.15) is 0 Å². The first kappa shape index (κ1) is 20.1. The van der Waals surface area contributed by atoms with E-state index in [9.17, 15) is 18.0 Å². The molecule has 0 bridgehead atoms. The van der Waals surface area contributed by atoms with E-state index in [4.69, 9.17) is 4.74 Å². The van der Waals surface area contributed by atoms with Gasteiger partial charge in [-0.15, -0.1) is 11.3 Å². The van der Waals surface area contributed by atoms with Crippen molar-refractivity contribution in [2.45, 2.75) is 32.1 Å². The Labute approximate surface area is 157 Å². The zero-order valence-electron chi connectivity index (χ0n) is 15.0. The van der Waals surface area contributed by atoms with E-state index < -0.39 is 21.4 Å². The molecule has 0 unspecified atom stereocenters. The molecule has 1 N–H and O–H groups in total. The second-order valence-corrected chi connectivity index (χ2v) is 9.94. The Morgan fingerprint density at radius 3 is 2.27 bits per heavy atom. The zero-order chi connectivity index (χ0) is 19.5. The molecule has 6 nitrogen and oxygen atoms in total. The van der Waals surface area contributed by atoms with Gasteiger partial charge in [0, 0.05) is 11.8 Å². The van der Waals surface area contributed by atoms with E-state index >= 15 is 0 Å². The molecule has 0 aliphatic heterocycles. The van der Waals surface area contributed by atoms with E-state index in [0.29, 0.717) is 21.7 Å². The summed E-state index contributed by atoms with van der Waals surface area (Å²) in [7, 11) is -3.13. The largest absolute Gasteiger partial charge is 0.456 e. The molecule has 0 radical (unpaired) electrons. The van der Waals surface area contributed by atoms with Crippen molar-refractivity contribution in [2.24, 2.45) is 0 Å². The van der Waals surface area contributed by atoms with E-state index in [0.717, 1.165) is 6.26 Å². The van der Waals surface area contributed by atoms with Gasteiger partial charge in [-0.05, 0) is 49.9 Å². The first-order valence-corrected chi connectivity index (χ1v) is 10.8. The number of rotatable bonds is 5. The number of carbonyl (C=O) groups is 2. The van der Waals surface area contributed by atoms with Gasteiger partial charge in [0.1, 0.15) is 10.6 Å². The van der Waals surface area contributed by atoms with Crippen LogP contribution < -0.4 is 5.32 Å². The maximum Gasteiger partial charge on any atom is 0.341 e. The third-order valence-electron chi connectivity index (χ3n) is 3.16.